The van der Waals surface area contributed by atoms with Crippen LogP contribution in [0.4, 0.5) is 4.39 Å². The van der Waals surface area contributed by atoms with Crippen molar-refractivity contribution in [2.45, 2.75) is 12.8 Å². The van der Waals surface area contributed by atoms with Gasteiger partial charge in [-0.15, -0.1) is 0 Å². The quantitative estimate of drug-likeness (QED) is 0.791. The molecule has 0 bridgehead atoms. The predicted molar refractivity (Wildman–Crippen MR) is 77.2 cm³/mol. The fourth-order valence-electron chi connectivity index (χ4n) is 2.46. The highest BCUT2D eigenvalue weighted by Crippen LogP contribution is 2.18. The molecule has 0 unspecified atom stereocenters. The molecule has 20 heavy (non-hydrogen) atoms. The number of hydrogen-bond donors (Lipinski definition) is 1. The molecule has 2 heterocycles. The summed E-state index contributed by atoms with van der Waals surface area (Å²) in [7, 11) is 0. The molecule has 0 saturated heterocycles. The van der Waals surface area contributed by atoms with Crippen molar-refractivity contribution >= 4 is 5.65 Å². The Morgan fingerprint density at radius 3 is 2.65 bits per heavy atom. The third kappa shape index (κ3) is 2.30. The van der Waals surface area contributed by atoms with Crippen molar-refractivity contribution in [2.75, 3.05) is 6.54 Å². The molecule has 3 aromatic rings. The van der Waals surface area contributed by atoms with Gasteiger partial charge in [-0.25, -0.2) is 9.37 Å². The van der Waals surface area contributed by atoms with Gasteiger partial charge in [0.1, 0.15) is 0 Å². The van der Waals surface area contributed by atoms with Gasteiger partial charge in [-0.2, -0.15) is 0 Å². The monoisotopic (exact) mass is 269 g/mol. The van der Waals surface area contributed by atoms with Gasteiger partial charge in [0.25, 0.3) is 0 Å². The smallest absolute Gasteiger partial charge is 0.173 e. The van der Waals surface area contributed by atoms with Crippen LogP contribution in [0.25, 0.3) is 5.65 Å². The molecule has 0 aliphatic heterocycles. The Labute approximate surface area is 116 Å². The number of fused-ring (bicyclic) bond motifs is 1. The standard InChI is InChI=1S/C16H16FN3/c17-13-7-4-10-20-15(8-9-18)14(19-16(13)20)11-12-5-2-1-3-6-12/h1-7,10H,8-9,11,18H2. The van der Waals surface area contributed by atoms with Crippen molar-refractivity contribution in [2.24, 2.45) is 5.73 Å². The summed E-state index contributed by atoms with van der Waals surface area (Å²) in [6.07, 6.45) is 3.22. The number of nitrogens with two attached hydrogens (primary N) is 1. The van der Waals surface area contributed by atoms with Gasteiger partial charge in [-0.1, -0.05) is 30.3 Å². The van der Waals surface area contributed by atoms with Crippen LogP contribution < -0.4 is 5.73 Å². The van der Waals surface area contributed by atoms with Gasteiger partial charge in [-0.05, 0) is 24.2 Å². The Hall–Kier alpha value is -2.20. The molecular weight excluding hydrogens is 253 g/mol. The Morgan fingerprint density at radius 1 is 1.10 bits per heavy atom. The molecular formula is C16H16FN3. The summed E-state index contributed by atoms with van der Waals surface area (Å²) in [5.74, 6) is -0.301. The third-order valence-corrected chi connectivity index (χ3v) is 3.38. The second-order valence-corrected chi connectivity index (χ2v) is 4.76. The van der Waals surface area contributed by atoms with Crippen LogP contribution in [-0.4, -0.2) is 15.9 Å². The number of benzene rings is 1. The lowest BCUT2D eigenvalue weighted by Crippen LogP contribution is -2.07. The zero-order valence-electron chi connectivity index (χ0n) is 11.1. The van der Waals surface area contributed by atoms with Crippen molar-refractivity contribution < 1.29 is 4.39 Å². The number of rotatable bonds is 4. The maximum absolute atomic E-state index is 13.8. The maximum atomic E-state index is 13.8. The fraction of sp³-hybridized carbons (Fsp3) is 0.188. The van der Waals surface area contributed by atoms with Gasteiger partial charge in [0, 0.05) is 24.7 Å². The van der Waals surface area contributed by atoms with Crippen LogP contribution in [0.2, 0.25) is 0 Å². The maximum Gasteiger partial charge on any atom is 0.173 e. The number of hydrogen-bond acceptors (Lipinski definition) is 2. The molecule has 0 aliphatic rings. The molecule has 3 rings (SSSR count). The van der Waals surface area contributed by atoms with Crippen molar-refractivity contribution in [3.63, 3.8) is 0 Å². The summed E-state index contributed by atoms with van der Waals surface area (Å²) in [6.45, 7) is 0.520. The second kappa shape index (κ2) is 5.43. The van der Waals surface area contributed by atoms with E-state index in [1.54, 1.807) is 10.5 Å². The van der Waals surface area contributed by atoms with Gasteiger partial charge < -0.3 is 10.1 Å². The van der Waals surface area contributed by atoms with E-state index in [0.717, 1.165) is 17.0 Å². The number of imidazole rings is 1. The Kier molecular flexibility index (Phi) is 3.48. The van der Waals surface area contributed by atoms with Crippen LogP contribution in [0.3, 0.4) is 0 Å². The molecule has 0 aliphatic carbocycles. The zero-order valence-corrected chi connectivity index (χ0v) is 11.1. The summed E-state index contributed by atoms with van der Waals surface area (Å²) < 4.78 is 15.7. The Morgan fingerprint density at radius 2 is 1.90 bits per heavy atom. The molecule has 0 saturated carbocycles. The first-order valence-corrected chi connectivity index (χ1v) is 6.68. The van der Waals surface area contributed by atoms with Crippen LogP contribution in [0.15, 0.2) is 48.7 Å². The molecule has 0 radical (unpaired) electrons. The topological polar surface area (TPSA) is 43.3 Å². The number of halogens is 1. The highest BCUT2D eigenvalue weighted by molar-refractivity contribution is 5.46. The van der Waals surface area contributed by atoms with E-state index in [1.165, 1.54) is 6.07 Å². The minimum absolute atomic E-state index is 0.301. The van der Waals surface area contributed by atoms with Crippen molar-refractivity contribution in [3.8, 4) is 0 Å². The van der Waals surface area contributed by atoms with E-state index in [1.807, 2.05) is 36.5 Å². The highest BCUT2D eigenvalue weighted by atomic mass is 19.1. The average Bonchev–Trinajstić information content (AvgIpc) is 2.80. The SMILES string of the molecule is NCCc1c(Cc2ccccc2)nc2c(F)cccn12. The molecule has 2 aromatic heterocycles. The largest absolute Gasteiger partial charge is 0.330 e. The first-order valence-electron chi connectivity index (χ1n) is 6.68. The first kappa shape index (κ1) is 12.8. The molecule has 0 fully saturated rings. The normalized spacial score (nSPS) is 11.1. The molecule has 0 atom stereocenters. The van der Waals surface area contributed by atoms with E-state index in [9.17, 15) is 4.39 Å². The van der Waals surface area contributed by atoms with E-state index in [-0.39, 0.29) is 5.82 Å². The molecule has 102 valence electrons. The van der Waals surface area contributed by atoms with Gasteiger partial charge in [0.05, 0.1) is 5.69 Å². The average molecular weight is 269 g/mol. The van der Waals surface area contributed by atoms with Gasteiger partial charge in [-0.3, -0.25) is 0 Å². The summed E-state index contributed by atoms with van der Waals surface area (Å²) in [6, 6.07) is 13.2. The molecule has 4 heteroatoms. The third-order valence-electron chi connectivity index (χ3n) is 3.38. The molecule has 1 aromatic carbocycles. The molecule has 0 amide bonds. The molecule has 2 N–H and O–H groups in total. The summed E-state index contributed by atoms with van der Waals surface area (Å²) >= 11 is 0. The lowest BCUT2D eigenvalue weighted by Gasteiger charge is -2.04. The van der Waals surface area contributed by atoms with Gasteiger partial charge >= 0.3 is 0 Å². The van der Waals surface area contributed by atoms with E-state index in [4.69, 9.17) is 5.73 Å². The predicted octanol–water partition coefficient (Wildman–Crippen LogP) is 2.57. The van der Waals surface area contributed by atoms with Gasteiger partial charge in [0.15, 0.2) is 11.5 Å². The minimum atomic E-state index is -0.301. The lowest BCUT2D eigenvalue weighted by atomic mass is 10.1. The Balaban J connectivity index is 2.09. The lowest BCUT2D eigenvalue weighted by molar-refractivity contribution is 0.629. The van der Waals surface area contributed by atoms with Crippen molar-refractivity contribution in [1.29, 1.82) is 0 Å². The minimum Gasteiger partial charge on any atom is -0.330 e. The molecule has 3 nitrogen and oxygen atoms in total. The van der Waals surface area contributed by atoms with Crippen LogP contribution in [0.5, 0.6) is 0 Å². The van der Waals surface area contributed by atoms with Crippen molar-refractivity contribution in [1.82, 2.24) is 9.38 Å². The summed E-state index contributed by atoms with van der Waals surface area (Å²) in [5.41, 5.74) is 9.10. The summed E-state index contributed by atoms with van der Waals surface area (Å²) in [5, 5.41) is 0. The van der Waals surface area contributed by atoms with E-state index < -0.39 is 0 Å². The second-order valence-electron chi connectivity index (χ2n) is 4.76. The van der Waals surface area contributed by atoms with Crippen LogP contribution >= 0.6 is 0 Å². The van der Waals surface area contributed by atoms with E-state index in [2.05, 4.69) is 4.98 Å². The summed E-state index contributed by atoms with van der Waals surface area (Å²) in [4.78, 5) is 4.46. The number of pyridine rings is 1. The van der Waals surface area contributed by atoms with Crippen LogP contribution in [-0.2, 0) is 12.8 Å². The van der Waals surface area contributed by atoms with E-state index in [0.29, 0.717) is 25.0 Å². The van der Waals surface area contributed by atoms with E-state index >= 15 is 0 Å². The number of aromatic nitrogens is 2. The Bertz CT molecular complexity index is 719. The van der Waals surface area contributed by atoms with Crippen molar-refractivity contribution in [3.05, 3.63) is 71.4 Å². The first-order chi connectivity index (χ1) is 9.79. The fourth-order valence-corrected chi connectivity index (χ4v) is 2.46. The zero-order chi connectivity index (χ0) is 13.9. The molecule has 0 spiro atoms. The number of nitrogens with zero attached hydrogens (tertiary/aromatic N) is 2. The van der Waals surface area contributed by atoms with Gasteiger partial charge in [0.2, 0.25) is 0 Å². The van der Waals surface area contributed by atoms with Crippen LogP contribution in [0, 0.1) is 5.82 Å². The highest BCUT2D eigenvalue weighted by Gasteiger charge is 2.14. The van der Waals surface area contributed by atoms with Crippen LogP contribution in [0.1, 0.15) is 17.0 Å².